The zero-order chi connectivity index (χ0) is 56.7. The molecule has 5 nitrogen and oxygen atoms in total. The van der Waals surface area contributed by atoms with Gasteiger partial charge in [-0.25, -0.2) is 4.98 Å². The van der Waals surface area contributed by atoms with Crippen LogP contribution >= 0.6 is 0 Å². The number of rotatable bonds is 7. The molecule has 1 aliphatic heterocycles. The van der Waals surface area contributed by atoms with E-state index in [0.717, 1.165) is 15.7 Å². The van der Waals surface area contributed by atoms with Gasteiger partial charge in [-0.15, -0.1) is 48.0 Å². The first-order valence-corrected chi connectivity index (χ1v) is 18.1. The van der Waals surface area contributed by atoms with Crippen molar-refractivity contribution in [2.75, 3.05) is 9.80 Å². The summed E-state index contributed by atoms with van der Waals surface area (Å²) >= 11 is 0. The van der Waals surface area contributed by atoms with Crippen LogP contribution in [0.4, 0.5) is 22.7 Å². The van der Waals surface area contributed by atoms with Crippen molar-refractivity contribution in [3.8, 4) is 39.6 Å². The maximum Gasteiger partial charge on any atom is 0.135 e. The van der Waals surface area contributed by atoms with Crippen LogP contribution in [0.2, 0.25) is 0 Å². The van der Waals surface area contributed by atoms with Crippen LogP contribution < -0.4 is 14.5 Å². The Morgan fingerprint density at radius 3 is 2.25 bits per heavy atom. The first kappa shape index (κ1) is 21.5. The van der Waals surface area contributed by atoms with Crippen molar-refractivity contribution < 1.29 is 53.2 Å². The molecule has 7 aromatic carbocycles. The minimum Gasteiger partial charge on any atom is -0.509 e. The Bertz CT molecular complexity index is 4050. The van der Waals surface area contributed by atoms with Crippen molar-refractivity contribution in [2.24, 2.45) is 0 Å². The maximum absolute atomic E-state index is 9.30. The molecule has 1 aliphatic rings. The fourth-order valence-electron chi connectivity index (χ4n) is 7.01. The molecule has 0 radical (unpaired) electrons. The molecule has 59 heavy (non-hydrogen) atoms. The van der Waals surface area contributed by atoms with E-state index in [-0.39, 0.29) is 54.1 Å². The number of nitrogens with zero attached hydrogens (tertiary/aromatic N) is 4. The van der Waals surface area contributed by atoms with E-state index >= 15 is 0 Å². The third-order valence-electron chi connectivity index (χ3n) is 9.68. The maximum atomic E-state index is 9.30. The molecule has 6 heteroatoms. The summed E-state index contributed by atoms with van der Waals surface area (Å²) < 4.78 is 182. The molecule has 0 aliphatic carbocycles. The zero-order valence-corrected chi connectivity index (χ0v) is 33.7. The molecular weight excluding hydrogens is 904 g/mol. The minimum absolute atomic E-state index is 0. The molecule has 0 saturated carbocycles. The number of anilines is 4. The molecule has 0 fully saturated rings. The number of aromatic nitrogens is 2. The average molecular weight is 965 g/mol. The summed E-state index contributed by atoms with van der Waals surface area (Å²) in [5, 5.41) is -0.675. The van der Waals surface area contributed by atoms with Crippen molar-refractivity contribution in [1.82, 2.24) is 9.55 Å². The van der Waals surface area contributed by atoms with Crippen LogP contribution in [-0.2, 0) is 26.5 Å². The van der Waals surface area contributed by atoms with Gasteiger partial charge in [0.2, 0.25) is 0 Å². The summed E-state index contributed by atoms with van der Waals surface area (Å²) in [5.41, 5.74) is 1.50. The number of hydrogen-bond acceptors (Lipinski definition) is 4. The Kier molecular flexibility index (Phi) is 5.62. The number of ether oxygens (including phenoxy) is 1. The Morgan fingerprint density at radius 2 is 1.44 bits per heavy atom. The van der Waals surface area contributed by atoms with Gasteiger partial charge in [0.05, 0.1) is 16.4 Å². The topological polar surface area (TPSA) is 33.5 Å². The van der Waals surface area contributed by atoms with E-state index < -0.39 is 144 Å². The predicted molar refractivity (Wildman–Crippen MR) is 239 cm³/mol. The molecule has 0 spiro atoms. The van der Waals surface area contributed by atoms with Crippen LogP contribution in [0.3, 0.4) is 0 Å². The predicted octanol–water partition coefficient (Wildman–Crippen LogP) is 13.9. The minimum atomic E-state index is -3.14. The summed E-state index contributed by atoms with van der Waals surface area (Å²) in [4.78, 5) is 7.25. The summed E-state index contributed by atoms with van der Waals surface area (Å²) in [5.74, 6) is -1.90. The molecule has 0 saturated heterocycles. The van der Waals surface area contributed by atoms with Gasteiger partial charge in [0, 0.05) is 79.3 Å². The summed E-state index contributed by atoms with van der Waals surface area (Å²) in [6.07, 6.45) is -0.899. The van der Waals surface area contributed by atoms with Gasteiger partial charge in [-0.3, -0.25) is 0 Å². The van der Waals surface area contributed by atoms with Crippen LogP contribution in [0.25, 0.3) is 49.9 Å². The van der Waals surface area contributed by atoms with Gasteiger partial charge in [0.1, 0.15) is 5.82 Å². The third kappa shape index (κ3) is 7.00. The number of benzene rings is 7. The molecule has 0 N–H and O–H groups in total. The molecule has 0 unspecified atom stereocenters. The van der Waals surface area contributed by atoms with E-state index in [1.807, 2.05) is 30.3 Å². The molecule has 10 rings (SSSR count). The monoisotopic (exact) mass is 964 g/mol. The largest absolute Gasteiger partial charge is 0.509 e. The van der Waals surface area contributed by atoms with E-state index in [9.17, 15) is 4.11 Å². The molecule has 0 amide bonds. The second-order valence-electron chi connectivity index (χ2n) is 14.3. The Morgan fingerprint density at radius 1 is 0.695 bits per heavy atom. The van der Waals surface area contributed by atoms with E-state index in [2.05, 4.69) is 37.9 Å². The normalized spacial score (nSPS) is 17.5. The van der Waals surface area contributed by atoms with E-state index in [1.54, 1.807) is 48.0 Å². The van der Waals surface area contributed by atoms with Crippen LogP contribution in [0, 0.1) is 25.7 Å². The van der Waals surface area contributed by atoms with Gasteiger partial charge in [-0.05, 0) is 74.3 Å². The SMILES string of the molecule is [2H]c1nc(-n2c3[c-]c(Oc4[c-]c(N5[CH-]N(c6c(-c7cccc(C(C)(C)C)c7)cccc6-c6c([2H])c([2H])c([2H])c([2H])c6[2H])c6ccccc65)c([2H])c([2H])c4[2H])c([2H])c([2H])c3c3c([2H])c([2H])c([2H])c([2H])c32)c([2H])c(C([2H])([2H])[2H])c1[2H].[Pt]. The van der Waals surface area contributed by atoms with Crippen molar-refractivity contribution in [1.29, 1.82) is 0 Å². The Balaban J connectivity index is 0.00000757. The van der Waals surface area contributed by atoms with Gasteiger partial charge in [0.25, 0.3) is 0 Å². The third-order valence-corrected chi connectivity index (χ3v) is 9.68. The van der Waals surface area contributed by atoms with Gasteiger partial charge in [0.15, 0.2) is 0 Å². The van der Waals surface area contributed by atoms with Gasteiger partial charge < -0.3 is 19.1 Å². The van der Waals surface area contributed by atoms with Gasteiger partial charge in [-0.1, -0.05) is 129 Å². The first-order chi connectivity index (χ1) is 36.6. The van der Waals surface area contributed by atoms with E-state index in [1.165, 1.54) is 4.90 Å². The van der Waals surface area contributed by atoms with Crippen LogP contribution in [0.1, 0.15) is 59.3 Å². The molecule has 0 atom stereocenters. The average Bonchev–Trinajstić information content (AvgIpc) is 4.21. The number of fused-ring (bicyclic) bond motifs is 4. The Hall–Kier alpha value is -6.42. The zero-order valence-electron chi connectivity index (χ0n) is 51.4. The molecule has 3 heterocycles. The van der Waals surface area contributed by atoms with E-state index in [4.69, 9.17) is 28.0 Å². The second-order valence-corrected chi connectivity index (χ2v) is 14.3. The van der Waals surface area contributed by atoms with Crippen LogP contribution in [-0.4, -0.2) is 9.55 Å². The van der Waals surface area contributed by atoms with Crippen LogP contribution in [0.5, 0.6) is 11.5 Å². The van der Waals surface area contributed by atoms with Gasteiger partial charge in [-0.2, -0.15) is 12.1 Å². The molecule has 9 aromatic rings. The van der Waals surface area contributed by atoms with Gasteiger partial charge >= 0.3 is 0 Å². The molecule has 2 aromatic heterocycles. The fraction of sp³-hybridized carbons (Fsp3) is 0.0943. The van der Waals surface area contributed by atoms with E-state index in [0.29, 0.717) is 22.6 Å². The van der Waals surface area contributed by atoms with Crippen molar-refractivity contribution in [3.63, 3.8) is 0 Å². The second kappa shape index (κ2) is 15.4. The standard InChI is InChI=1S/C53H41N4O.Pt/c1-36-29-30-54-51(31-36)57-47-24-9-8-21-45(47)46-28-27-42(34-50(46)57)58-41-20-13-19-40(33-41)55-35-56(49-26-11-10-25-48(49)55)52-43(37-15-6-5-7-16-37)22-14-23-44(52)38-17-12-18-39(32-38)53(2,3)4;/h5-32,35H,1-4H3;/q-3;/i1D3,5D,6D,7D,8D,9D,13D,15D,16D,19D,20D,21D,24D,27D,28D,29D,30D,31D;. The van der Waals surface area contributed by atoms with Crippen molar-refractivity contribution >= 4 is 44.6 Å². The molecule has 0 bridgehead atoms. The van der Waals surface area contributed by atoms with Crippen LogP contribution in [0.15, 0.2) is 170 Å². The van der Waals surface area contributed by atoms with Crippen molar-refractivity contribution in [2.45, 2.75) is 33.0 Å². The fourth-order valence-corrected chi connectivity index (χ4v) is 7.01. The molecule has 292 valence electrons. The number of hydrogen-bond donors (Lipinski definition) is 0. The quantitative estimate of drug-likeness (QED) is 0.149. The smallest absolute Gasteiger partial charge is 0.135 e. The number of para-hydroxylation sites is 4. The van der Waals surface area contributed by atoms with Crippen molar-refractivity contribution in [3.05, 3.63) is 200 Å². The first-order valence-electron chi connectivity index (χ1n) is 28.1. The number of pyridine rings is 1. The summed E-state index contributed by atoms with van der Waals surface area (Å²) in [7, 11) is 0. The molecular formula is C53H41N4OPt-3. The Labute approximate surface area is 388 Å². The summed E-state index contributed by atoms with van der Waals surface area (Å²) in [6.45, 7) is 4.60. The summed E-state index contributed by atoms with van der Waals surface area (Å²) in [6, 6.07) is 15.0.